The van der Waals surface area contributed by atoms with Gasteiger partial charge in [-0.25, -0.2) is 13.2 Å². The Morgan fingerprint density at radius 1 is 1.29 bits per heavy atom. The molecule has 3 N–H and O–H groups in total. The SMILES string of the molecule is CC1CC(C(=O)Nc2ccnc(C(N)=O)c2)OC1C(F)F.COc1cccc(F)c1F. The highest BCUT2D eigenvalue weighted by Gasteiger charge is 2.41. The molecular weight excluding hydrogens is 422 g/mol. The number of nitrogens with one attached hydrogen (secondary N) is 1. The monoisotopic (exact) mass is 443 g/mol. The number of amides is 2. The Morgan fingerprint density at radius 3 is 2.55 bits per heavy atom. The van der Waals surface area contributed by atoms with Crippen molar-refractivity contribution < 1.29 is 36.6 Å². The molecule has 3 rings (SSSR count). The number of nitrogens with zero attached hydrogens (tertiary/aromatic N) is 1. The van der Waals surface area contributed by atoms with Crippen molar-refractivity contribution in [2.45, 2.75) is 32.0 Å². The second kappa shape index (κ2) is 10.7. The van der Waals surface area contributed by atoms with Crippen molar-refractivity contribution in [1.29, 1.82) is 0 Å². The van der Waals surface area contributed by atoms with Crippen molar-refractivity contribution in [3.8, 4) is 5.75 Å². The van der Waals surface area contributed by atoms with Crippen molar-refractivity contribution in [1.82, 2.24) is 4.98 Å². The molecule has 2 heterocycles. The zero-order valence-corrected chi connectivity index (χ0v) is 16.7. The zero-order valence-electron chi connectivity index (χ0n) is 16.7. The maximum absolute atomic E-state index is 12.7. The Labute approximate surface area is 175 Å². The molecule has 0 aliphatic carbocycles. The van der Waals surface area contributed by atoms with Gasteiger partial charge in [0.05, 0.1) is 7.11 Å². The minimum Gasteiger partial charge on any atom is -0.494 e. The third kappa shape index (κ3) is 6.38. The number of pyridine rings is 1. The highest BCUT2D eigenvalue weighted by atomic mass is 19.3. The third-order valence-electron chi connectivity index (χ3n) is 4.42. The van der Waals surface area contributed by atoms with Gasteiger partial charge in [-0.1, -0.05) is 13.0 Å². The molecule has 31 heavy (non-hydrogen) atoms. The molecule has 1 saturated heterocycles. The van der Waals surface area contributed by atoms with Crippen molar-refractivity contribution >= 4 is 17.5 Å². The van der Waals surface area contributed by atoms with E-state index in [0.29, 0.717) is 5.69 Å². The first-order valence-corrected chi connectivity index (χ1v) is 9.12. The van der Waals surface area contributed by atoms with Gasteiger partial charge in [-0.3, -0.25) is 14.6 Å². The number of hydrogen-bond donors (Lipinski definition) is 2. The molecule has 7 nitrogen and oxygen atoms in total. The molecule has 11 heteroatoms. The van der Waals surface area contributed by atoms with Crippen LogP contribution in [0.5, 0.6) is 5.75 Å². The average Bonchev–Trinajstić information content (AvgIpc) is 3.13. The molecular formula is C20H21F4N3O4. The van der Waals surface area contributed by atoms with Crippen LogP contribution in [0.4, 0.5) is 23.2 Å². The Kier molecular flexibility index (Phi) is 8.31. The van der Waals surface area contributed by atoms with Crippen LogP contribution in [0.3, 0.4) is 0 Å². The van der Waals surface area contributed by atoms with Crippen LogP contribution in [0.25, 0.3) is 0 Å². The number of anilines is 1. The number of halogens is 4. The number of aromatic nitrogens is 1. The van der Waals surface area contributed by atoms with Gasteiger partial charge in [0, 0.05) is 11.9 Å². The standard InChI is InChI=1S/C13H15F2N3O3.C7H6F2O/c1-6-4-9(21-10(6)11(14)15)13(20)18-7-2-3-17-8(5-7)12(16)19;1-10-6-4-2-3-5(8)7(6)9/h2-3,5-6,9-11H,4H2,1H3,(H2,16,19)(H,17,18,20);2-4H,1H3. The van der Waals surface area contributed by atoms with Gasteiger partial charge in [0.2, 0.25) is 5.82 Å². The Morgan fingerprint density at radius 2 is 2.00 bits per heavy atom. The number of nitrogens with two attached hydrogens (primary N) is 1. The van der Waals surface area contributed by atoms with Gasteiger partial charge in [0.15, 0.2) is 11.6 Å². The summed E-state index contributed by atoms with van der Waals surface area (Å²) in [4.78, 5) is 26.7. The van der Waals surface area contributed by atoms with E-state index in [1.807, 2.05) is 0 Å². The summed E-state index contributed by atoms with van der Waals surface area (Å²) in [5.41, 5.74) is 5.39. The van der Waals surface area contributed by atoms with Gasteiger partial charge in [0.25, 0.3) is 18.2 Å². The van der Waals surface area contributed by atoms with E-state index in [4.69, 9.17) is 10.5 Å². The maximum atomic E-state index is 12.7. The highest BCUT2D eigenvalue weighted by Crippen LogP contribution is 2.30. The largest absolute Gasteiger partial charge is 0.494 e. The molecule has 1 aliphatic rings. The highest BCUT2D eigenvalue weighted by molar-refractivity contribution is 5.96. The summed E-state index contributed by atoms with van der Waals surface area (Å²) < 4.78 is 59.8. The van der Waals surface area contributed by atoms with Gasteiger partial charge >= 0.3 is 0 Å². The predicted octanol–water partition coefficient (Wildman–Crippen LogP) is 3.15. The van der Waals surface area contributed by atoms with Gasteiger partial charge < -0.3 is 20.5 Å². The smallest absolute Gasteiger partial charge is 0.267 e. The number of primary amides is 1. The molecule has 1 aliphatic heterocycles. The molecule has 0 spiro atoms. The van der Waals surface area contributed by atoms with Gasteiger partial charge in [-0.15, -0.1) is 0 Å². The van der Waals surface area contributed by atoms with E-state index in [1.165, 1.54) is 37.6 Å². The fourth-order valence-corrected chi connectivity index (χ4v) is 2.84. The quantitative estimate of drug-likeness (QED) is 0.691. The van der Waals surface area contributed by atoms with E-state index in [0.717, 1.165) is 6.07 Å². The lowest BCUT2D eigenvalue weighted by Crippen LogP contribution is -2.30. The first-order valence-electron chi connectivity index (χ1n) is 9.12. The number of alkyl halides is 2. The topological polar surface area (TPSA) is 104 Å². The van der Waals surface area contributed by atoms with Crippen LogP contribution in [0.2, 0.25) is 0 Å². The first-order chi connectivity index (χ1) is 14.6. The molecule has 2 amide bonds. The van der Waals surface area contributed by atoms with Crippen LogP contribution >= 0.6 is 0 Å². The minimum atomic E-state index is -2.62. The summed E-state index contributed by atoms with van der Waals surface area (Å²) in [5.74, 6) is -3.56. The molecule has 1 aromatic carbocycles. The van der Waals surface area contributed by atoms with Crippen LogP contribution in [-0.2, 0) is 9.53 Å². The summed E-state index contributed by atoms with van der Waals surface area (Å²) in [7, 11) is 1.29. The van der Waals surface area contributed by atoms with Crippen molar-refractivity contribution in [2.24, 2.45) is 11.7 Å². The van der Waals surface area contributed by atoms with Crippen LogP contribution in [-0.4, -0.2) is 42.5 Å². The average molecular weight is 443 g/mol. The summed E-state index contributed by atoms with van der Waals surface area (Å²) in [6.45, 7) is 1.61. The van der Waals surface area contributed by atoms with Crippen LogP contribution < -0.4 is 15.8 Å². The Hall–Kier alpha value is -3.21. The molecule has 3 atom stereocenters. The van der Waals surface area contributed by atoms with E-state index in [-0.39, 0.29) is 17.9 Å². The molecule has 1 aromatic heterocycles. The number of benzene rings is 1. The maximum Gasteiger partial charge on any atom is 0.267 e. The molecule has 0 bridgehead atoms. The fraction of sp³-hybridized carbons (Fsp3) is 0.350. The summed E-state index contributed by atoms with van der Waals surface area (Å²) in [5, 5.41) is 2.50. The number of ether oxygens (including phenoxy) is 2. The lowest BCUT2D eigenvalue weighted by molar-refractivity contribution is -0.131. The lowest BCUT2D eigenvalue weighted by atomic mass is 10.0. The minimum absolute atomic E-state index is 0.000958. The van der Waals surface area contributed by atoms with Crippen LogP contribution in [0.1, 0.15) is 23.8 Å². The number of carbonyl (C=O) groups excluding carboxylic acids is 2. The Balaban J connectivity index is 0.000000285. The number of methoxy groups -OCH3 is 1. The summed E-state index contributed by atoms with van der Waals surface area (Å²) in [6.07, 6.45) is -3.27. The van der Waals surface area contributed by atoms with Crippen molar-refractivity contribution in [3.63, 3.8) is 0 Å². The molecule has 3 unspecified atom stereocenters. The van der Waals surface area contributed by atoms with E-state index < -0.39 is 48.0 Å². The van der Waals surface area contributed by atoms with Gasteiger partial charge in [0.1, 0.15) is 17.9 Å². The Bertz CT molecular complexity index is 929. The third-order valence-corrected chi connectivity index (χ3v) is 4.42. The second-order valence-corrected chi connectivity index (χ2v) is 6.68. The zero-order chi connectivity index (χ0) is 23.1. The van der Waals surface area contributed by atoms with Crippen molar-refractivity contribution in [2.75, 3.05) is 12.4 Å². The summed E-state index contributed by atoms with van der Waals surface area (Å²) in [6, 6.07) is 6.56. The van der Waals surface area contributed by atoms with E-state index in [9.17, 15) is 27.2 Å². The first kappa shape index (κ1) is 24.1. The molecule has 0 radical (unpaired) electrons. The van der Waals surface area contributed by atoms with E-state index in [1.54, 1.807) is 6.92 Å². The van der Waals surface area contributed by atoms with Gasteiger partial charge in [-0.2, -0.15) is 4.39 Å². The predicted molar refractivity (Wildman–Crippen MR) is 103 cm³/mol. The van der Waals surface area contributed by atoms with Crippen molar-refractivity contribution in [3.05, 3.63) is 53.9 Å². The lowest BCUT2D eigenvalue weighted by Gasteiger charge is -2.14. The molecule has 0 saturated carbocycles. The van der Waals surface area contributed by atoms with Gasteiger partial charge in [-0.05, 0) is 36.6 Å². The van der Waals surface area contributed by atoms with Crippen LogP contribution in [0.15, 0.2) is 36.5 Å². The molecule has 1 fully saturated rings. The van der Waals surface area contributed by atoms with E-state index >= 15 is 0 Å². The molecule has 168 valence electrons. The second-order valence-electron chi connectivity index (χ2n) is 6.68. The molecule has 2 aromatic rings. The fourth-order valence-electron chi connectivity index (χ4n) is 2.84. The van der Waals surface area contributed by atoms with E-state index in [2.05, 4.69) is 15.0 Å². The number of hydrogen-bond acceptors (Lipinski definition) is 5. The number of rotatable bonds is 5. The summed E-state index contributed by atoms with van der Waals surface area (Å²) >= 11 is 0. The van der Waals surface area contributed by atoms with Crippen LogP contribution in [0, 0.1) is 17.6 Å². The number of carbonyl (C=O) groups is 2. The normalized spacial score (nSPS) is 20.0.